The normalized spacial score (nSPS) is 12.5. The summed E-state index contributed by atoms with van der Waals surface area (Å²) < 4.78 is 4.95. The van der Waals surface area contributed by atoms with Gasteiger partial charge in [-0.05, 0) is 24.1 Å². The van der Waals surface area contributed by atoms with E-state index in [1.54, 1.807) is 12.1 Å². The van der Waals surface area contributed by atoms with Gasteiger partial charge in [-0.25, -0.2) is 0 Å². The van der Waals surface area contributed by atoms with Crippen LogP contribution in [0.25, 0.3) is 0 Å². The van der Waals surface area contributed by atoms with Gasteiger partial charge in [0.2, 0.25) is 0 Å². The van der Waals surface area contributed by atoms with Gasteiger partial charge >= 0.3 is 0 Å². The Morgan fingerprint density at radius 2 is 2.21 bits per heavy atom. The molecular formula is C10H15NO3. The lowest BCUT2D eigenvalue weighted by molar-refractivity contribution is 0.276. The van der Waals surface area contributed by atoms with Crippen molar-refractivity contribution in [3.05, 3.63) is 23.8 Å². The van der Waals surface area contributed by atoms with Crippen molar-refractivity contribution in [3.63, 3.8) is 0 Å². The first-order valence-corrected chi connectivity index (χ1v) is 4.42. The predicted molar refractivity (Wildman–Crippen MR) is 53.3 cm³/mol. The monoisotopic (exact) mass is 197 g/mol. The van der Waals surface area contributed by atoms with Gasteiger partial charge in [0.15, 0.2) is 11.5 Å². The van der Waals surface area contributed by atoms with E-state index in [0.717, 1.165) is 5.56 Å². The van der Waals surface area contributed by atoms with Crippen LogP contribution in [0.3, 0.4) is 0 Å². The number of aliphatic hydroxyl groups excluding tert-OH is 1. The number of rotatable bonds is 4. The molecule has 0 unspecified atom stereocenters. The zero-order chi connectivity index (χ0) is 10.6. The highest BCUT2D eigenvalue weighted by Gasteiger charge is 2.08. The minimum atomic E-state index is -0.227. The SMILES string of the molecule is COc1cc([C@@H](N)CCO)ccc1O. The molecule has 1 rings (SSSR count). The van der Waals surface area contributed by atoms with Crippen LogP contribution in [-0.4, -0.2) is 23.9 Å². The summed E-state index contributed by atoms with van der Waals surface area (Å²) in [6, 6.07) is 4.70. The molecule has 0 spiro atoms. The number of nitrogens with two attached hydrogens (primary N) is 1. The number of ether oxygens (including phenoxy) is 1. The largest absolute Gasteiger partial charge is 0.504 e. The number of methoxy groups -OCH3 is 1. The van der Waals surface area contributed by atoms with Crippen LogP contribution in [0.4, 0.5) is 0 Å². The van der Waals surface area contributed by atoms with E-state index in [-0.39, 0.29) is 18.4 Å². The van der Waals surface area contributed by atoms with Crippen molar-refractivity contribution >= 4 is 0 Å². The van der Waals surface area contributed by atoms with Gasteiger partial charge in [-0.2, -0.15) is 0 Å². The minimum absolute atomic E-state index is 0.0460. The van der Waals surface area contributed by atoms with Crippen LogP contribution >= 0.6 is 0 Å². The van der Waals surface area contributed by atoms with Gasteiger partial charge in [0.25, 0.3) is 0 Å². The Morgan fingerprint density at radius 3 is 2.79 bits per heavy atom. The first-order chi connectivity index (χ1) is 6.69. The molecule has 0 aliphatic rings. The van der Waals surface area contributed by atoms with Gasteiger partial charge < -0.3 is 20.7 Å². The lowest BCUT2D eigenvalue weighted by Crippen LogP contribution is -2.11. The molecule has 0 saturated carbocycles. The summed E-state index contributed by atoms with van der Waals surface area (Å²) in [5.41, 5.74) is 6.62. The standard InChI is InChI=1S/C10H15NO3/c1-14-10-6-7(2-3-9(10)13)8(11)4-5-12/h2-3,6,8,12-13H,4-5,11H2,1H3/t8-/m0/s1. The first-order valence-electron chi connectivity index (χ1n) is 4.42. The van der Waals surface area contributed by atoms with E-state index in [4.69, 9.17) is 15.6 Å². The Bertz CT molecular complexity index is 301. The first kappa shape index (κ1) is 10.8. The Hall–Kier alpha value is -1.26. The summed E-state index contributed by atoms with van der Waals surface area (Å²) in [5.74, 6) is 0.489. The average molecular weight is 197 g/mol. The molecule has 0 amide bonds. The van der Waals surface area contributed by atoms with Crippen molar-refractivity contribution in [2.24, 2.45) is 5.73 Å². The molecule has 78 valence electrons. The molecule has 4 N–H and O–H groups in total. The Balaban J connectivity index is 2.88. The number of aromatic hydroxyl groups is 1. The van der Waals surface area contributed by atoms with E-state index in [0.29, 0.717) is 12.2 Å². The van der Waals surface area contributed by atoms with E-state index < -0.39 is 0 Å². The lowest BCUT2D eigenvalue weighted by atomic mass is 10.0. The van der Waals surface area contributed by atoms with Gasteiger partial charge in [0, 0.05) is 12.6 Å². The summed E-state index contributed by atoms with van der Waals surface area (Å²) in [5, 5.41) is 18.0. The molecule has 1 atom stereocenters. The summed E-state index contributed by atoms with van der Waals surface area (Å²) in [6.45, 7) is 0.0460. The molecule has 0 heterocycles. The van der Waals surface area contributed by atoms with Gasteiger partial charge in [0.05, 0.1) is 7.11 Å². The van der Waals surface area contributed by atoms with Crippen molar-refractivity contribution in [1.82, 2.24) is 0 Å². The summed E-state index contributed by atoms with van der Waals surface area (Å²) in [7, 11) is 1.48. The summed E-state index contributed by atoms with van der Waals surface area (Å²) in [6.07, 6.45) is 0.494. The predicted octanol–water partition coefficient (Wildman–Crippen LogP) is 0.783. The molecule has 1 aromatic carbocycles. The molecule has 14 heavy (non-hydrogen) atoms. The van der Waals surface area contributed by atoms with Crippen LogP contribution in [0.2, 0.25) is 0 Å². The van der Waals surface area contributed by atoms with E-state index in [1.807, 2.05) is 0 Å². The number of aliphatic hydroxyl groups is 1. The number of benzene rings is 1. The van der Waals surface area contributed by atoms with Crippen LogP contribution in [0, 0.1) is 0 Å². The second kappa shape index (κ2) is 4.83. The maximum atomic E-state index is 9.33. The van der Waals surface area contributed by atoms with Crippen molar-refractivity contribution in [2.45, 2.75) is 12.5 Å². The average Bonchev–Trinajstić information content (AvgIpc) is 2.19. The molecule has 0 aromatic heterocycles. The van der Waals surface area contributed by atoms with Crippen molar-refractivity contribution in [3.8, 4) is 11.5 Å². The maximum Gasteiger partial charge on any atom is 0.160 e. The van der Waals surface area contributed by atoms with Crippen LogP contribution < -0.4 is 10.5 Å². The summed E-state index contributed by atoms with van der Waals surface area (Å²) >= 11 is 0. The highest BCUT2D eigenvalue weighted by Crippen LogP contribution is 2.28. The van der Waals surface area contributed by atoms with Crippen LogP contribution in [-0.2, 0) is 0 Å². The van der Waals surface area contributed by atoms with Gasteiger partial charge in [-0.15, -0.1) is 0 Å². The van der Waals surface area contributed by atoms with Gasteiger partial charge in [-0.1, -0.05) is 6.07 Å². The zero-order valence-electron chi connectivity index (χ0n) is 8.10. The van der Waals surface area contributed by atoms with Crippen LogP contribution in [0.1, 0.15) is 18.0 Å². The third-order valence-corrected chi connectivity index (χ3v) is 2.07. The second-order valence-electron chi connectivity index (χ2n) is 3.05. The Morgan fingerprint density at radius 1 is 1.50 bits per heavy atom. The topological polar surface area (TPSA) is 75.7 Å². The Kier molecular flexibility index (Phi) is 3.73. The fraction of sp³-hybridized carbons (Fsp3) is 0.400. The molecule has 4 heteroatoms. The molecule has 0 bridgehead atoms. The van der Waals surface area contributed by atoms with E-state index in [2.05, 4.69) is 0 Å². The molecule has 1 aromatic rings. The third kappa shape index (κ3) is 2.37. The fourth-order valence-electron chi connectivity index (χ4n) is 1.23. The minimum Gasteiger partial charge on any atom is -0.504 e. The molecular weight excluding hydrogens is 182 g/mol. The second-order valence-corrected chi connectivity index (χ2v) is 3.05. The van der Waals surface area contributed by atoms with Crippen LogP contribution in [0.5, 0.6) is 11.5 Å². The summed E-state index contributed by atoms with van der Waals surface area (Å²) in [4.78, 5) is 0. The van der Waals surface area contributed by atoms with Crippen molar-refractivity contribution < 1.29 is 14.9 Å². The van der Waals surface area contributed by atoms with Gasteiger partial charge in [-0.3, -0.25) is 0 Å². The lowest BCUT2D eigenvalue weighted by Gasteiger charge is -2.12. The third-order valence-electron chi connectivity index (χ3n) is 2.07. The number of phenolic OH excluding ortho intramolecular Hbond substituents is 1. The molecule has 4 nitrogen and oxygen atoms in total. The number of hydrogen-bond donors (Lipinski definition) is 3. The highest BCUT2D eigenvalue weighted by atomic mass is 16.5. The van der Waals surface area contributed by atoms with E-state index >= 15 is 0 Å². The molecule has 0 saturated heterocycles. The maximum absolute atomic E-state index is 9.33. The molecule has 0 aliphatic carbocycles. The van der Waals surface area contributed by atoms with Crippen LogP contribution in [0.15, 0.2) is 18.2 Å². The molecule has 0 aliphatic heterocycles. The highest BCUT2D eigenvalue weighted by molar-refractivity contribution is 5.42. The smallest absolute Gasteiger partial charge is 0.160 e. The Labute approximate surface area is 82.9 Å². The van der Waals surface area contributed by atoms with Gasteiger partial charge in [0.1, 0.15) is 0 Å². The molecule has 0 fully saturated rings. The number of hydrogen-bond acceptors (Lipinski definition) is 4. The quantitative estimate of drug-likeness (QED) is 0.666. The van der Waals surface area contributed by atoms with E-state index in [9.17, 15) is 5.11 Å². The zero-order valence-corrected chi connectivity index (χ0v) is 8.10. The van der Waals surface area contributed by atoms with Crippen molar-refractivity contribution in [2.75, 3.05) is 13.7 Å². The fourth-order valence-corrected chi connectivity index (χ4v) is 1.23. The van der Waals surface area contributed by atoms with Crippen molar-refractivity contribution in [1.29, 1.82) is 0 Å². The number of phenols is 1. The van der Waals surface area contributed by atoms with E-state index in [1.165, 1.54) is 13.2 Å². The molecule has 0 radical (unpaired) electrons.